The molecule has 2 rings (SSSR count). The summed E-state index contributed by atoms with van der Waals surface area (Å²) in [5.74, 6) is -0.279. The molecule has 4 nitrogen and oxygen atoms in total. The second-order valence-corrected chi connectivity index (χ2v) is 4.81. The predicted molar refractivity (Wildman–Crippen MR) is 77.7 cm³/mol. The Kier molecular flexibility index (Phi) is 5.77. The minimum Gasteiger partial charge on any atom is -0.350 e. The molecule has 1 aromatic rings. The first-order valence-electron chi connectivity index (χ1n) is 7.12. The molecule has 1 aromatic carbocycles. The van der Waals surface area contributed by atoms with Crippen molar-refractivity contribution in [1.82, 2.24) is 5.48 Å². The maximum absolute atomic E-state index is 11.6. The van der Waals surface area contributed by atoms with Gasteiger partial charge in [-0.2, -0.15) is 0 Å². The number of hydroxylamine groups is 1. The molecule has 1 aliphatic rings. The number of hydrogen-bond acceptors (Lipinski definition) is 3. The highest BCUT2D eigenvalue weighted by molar-refractivity contribution is 5.90. The van der Waals surface area contributed by atoms with Crippen molar-refractivity contribution in [2.24, 2.45) is 0 Å². The van der Waals surface area contributed by atoms with E-state index in [4.69, 9.17) is 9.57 Å². The van der Waals surface area contributed by atoms with Crippen LogP contribution in [0.5, 0.6) is 0 Å². The lowest BCUT2D eigenvalue weighted by atomic mass is 10.1. The Morgan fingerprint density at radius 3 is 2.85 bits per heavy atom. The summed E-state index contributed by atoms with van der Waals surface area (Å²) in [5.41, 5.74) is 4.67. The summed E-state index contributed by atoms with van der Waals surface area (Å²) in [6.45, 7) is 2.81. The summed E-state index contributed by atoms with van der Waals surface area (Å²) < 4.78 is 5.36. The zero-order chi connectivity index (χ0) is 14.2. The Morgan fingerprint density at radius 1 is 1.40 bits per heavy atom. The number of nitrogens with one attached hydrogen (secondary N) is 1. The van der Waals surface area contributed by atoms with E-state index in [-0.39, 0.29) is 12.2 Å². The van der Waals surface area contributed by atoms with Crippen molar-refractivity contribution in [3.63, 3.8) is 0 Å². The van der Waals surface area contributed by atoms with E-state index in [9.17, 15) is 4.79 Å². The maximum Gasteiger partial charge on any atom is 0.267 e. The lowest BCUT2D eigenvalue weighted by Crippen LogP contribution is -2.32. The lowest BCUT2D eigenvalue weighted by Gasteiger charge is -2.21. The third-order valence-corrected chi connectivity index (χ3v) is 3.24. The number of amides is 1. The van der Waals surface area contributed by atoms with Gasteiger partial charge >= 0.3 is 0 Å². The fourth-order valence-corrected chi connectivity index (χ4v) is 2.00. The molecule has 20 heavy (non-hydrogen) atoms. The van der Waals surface area contributed by atoms with Crippen molar-refractivity contribution < 1.29 is 14.4 Å². The zero-order valence-electron chi connectivity index (χ0n) is 11.8. The Morgan fingerprint density at radius 2 is 2.20 bits per heavy atom. The van der Waals surface area contributed by atoms with E-state index < -0.39 is 0 Å². The minimum absolute atomic E-state index is 0.279. The van der Waals surface area contributed by atoms with E-state index in [0.29, 0.717) is 6.61 Å². The summed E-state index contributed by atoms with van der Waals surface area (Å²) in [6.07, 6.45) is 6.87. The van der Waals surface area contributed by atoms with Crippen LogP contribution in [0.15, 0.2) is 30.3 Å². The Balaban J connectivity index is 1.76. The molecule has 0 spiro atoms. The third kappa shape index (κ3) is 4.79. The molecule has 1 fully saturated rings. The molecule has 4 heteroatoms. The highest BCUT2D eigenvalue weighted by Gasteiger charge is 2.14. The zero-order valence-corrected chi connectivity index (χ0v) is 11.8. The van der Waals surface area contributed by atoms with Crippen LogP contribution in [0.2, 0.25) is 0 Å². The molecule has 1 amide bonds. The summed E-state index contributed by atoms with van der Waals surface area (Å²) in [4.78, 5) is 16.8. The van der Waals surface area contributed by atoms with Crippen molar-refractivity contribution >= 4 is 12.0 Å². The minimum atomic E-state index is -0.315. The molecule has 0 bridgehead atoms. The molecule has 1 heterocycles. The summed E-state index contributed by atoms with van der Waals surface area (Å²) >= 11 is 0. The molecule has 0 radical (unpaired) electrons. The van der Waals surface area contributed by atoms with Gasteiger partial charge in [0.1, 0.15) is 0 Å². The summed E-state index contributed by atoms with van der Waals surface area (Å²) in [6, 6.07) is 8.11. The molecule has 1 atom stereocenters. The first-order chi connectivity index (χ1) is 9.78. The van der Waals surface area contributed by atoms with Crippen molar-refractivity contribution in [1.29, 1.82) is 0 Å². The standard InChI is InChI=1S/C16H21NO3/c1-2-13-6-8-14(9-7-13)10-11-15(18)17-20-16-5-3-4-12-19-16/h6-11,16H,2-5,12H2,1H3,(H,17,18)/b11-10+. The monoisotopic (exact) mass is 275 g/mol. The quantitative estimate of drug-likeness (QED) is 0.664. The van der Waals surface area contributed by atoms with E-state index in [1.54, 1.807) is 6.08 Å². The summed E-state index contributed by atoms with van der Waals surface area (Å²) in [7, 11) is 0. The van der Waals surface area contributed by atoms with Gasteiger partial charge in [-0.05, 0) is 36.5 Å². The lowest BCUT2D eigenvalue weighted by molar-refractivity contribution is -0.198. The van der Waals surface area contributed by atoms with Crippen LogP contribution < -0.4 is 5.48 Å². The number of carbonyl (C=O) groups is 1. The first-order valence-corrected chi connectivity index (χ1v) is 7.12. The van der Waals surface area contributed by atoms with Crippen LogP contribution >= 0.6 is 0 Å². The van der Waals surface area contributed by atoms with Gasteiger partial charge in [0.15, 0.2) is 6.29 Å². The van der Waals surface area contributed by atoms with E-state index in [2.05, 4.69) is 24.5 Å². The number of aryl methyl sites for hydroxylation is 1. The largest absolute Gasteiger partial charge is 0.350 e. The van der Waals surface area contributed by atoms with E-state index >= 15 is 0 Å². The van der Waals surface area contributed by atoms with Crippen LogP contribution in [0.1, 0.15) is 37.3 Å². The van der Waals surface area contributed by atoms with E-state index in [0.717, 1.165) is 31.2 Å². The number of rotatable bonds is 5. The number of hydrogen-bond donors (Lipinski definition) is 1. The van der Waals surface area contributed by atoms with Gasteiger partial charge in [0.2, 0.25) is 0 Å². The smallest absolute Gasteiger partial charge is 0.267 e. The van der Waals surface area contributed by atoms with Crippen molar-refractivity contribution in [2.45, 2.75) is 38.9 Å². The first kappa shape index (κ1) is 14.8. The molecular formula is C16H21NO3. The van der Waals surface area contributed by atoms with Gasteiger partial charge in [-0.1, -0.05) is 31.2 Å². The van der Waals surface area contributed by atoms with Crippen LogP contribution in [0.25, 0.3) is 6.08 Å². The van der Waals surface area contributed by atoms with Crippen LogP contribution in [0.4, 0.5) is 0 Å². The summed E-state index contributed by atoms with van der Waals surface area (Å²) in [5, 5.41) is 0. The van der Waals surface area contributed by atoms with Crippen LogP contribution in [-0.2, 0) is 20.8 Å². The van der Waals surface area contributed by atoms with Gasteiger partial charge in [0, 0.05) is 19.1 Å². The van der Waals surface area contributed by atoms with Gasteiger partial charge in [-0.25, -0.2) is 10.3 Å². The third-order valence-electron chi connectivity index (χ3n) is 3.24. The van der Waals surface area contributed by atoms with Gasteiger partial charge < -0.3 is 4.74 Å². The number of carbonyl (C=O) groups excluding carboxylic acids is 1. The highest BCUT2D eigenvalue weighted by atomic mass is 16.8. The molecule has 108 valence electrons. The molecule has 1 aliphatic heterocycles. The van der Waals surface area contributed by atoms with Gasteiger partial charge in [0.05, 0.1) is 0 Å². The van der Waals surface area contributed by atoms with E-state index in [1.165, 1.54) is 11.6 Å². The molecule has 0 saturated carbocycles. The van der Waals surface area contributed by atoms with Crippen molar-refractivity contribution in [2.75, 3.05) is 6.61 Å². The Labute approximate surface area is 119 Å². The molecule has 0 aliphatic carbocycles. The van der Waals surface area contributed by atoms with Crippen molar-refractivity contribution in [3.05, 3.63) is 41.5 Å². The topological polar surface area (TPSA) is 47.6 Å². The second kappa shape index (κ2) is 7.82. The van der Waals surface area contributed by atoms with E-state index in [1.807, 2.05) is 12.1 Å². The van der Waals surface area contributed by atoms with Gasteiger partial charge in [-0.15, -0.1) is 0 Å². The molecular weight excluding hydrogens is 254 g/mol. The Hall–Kier alpha value is -1.65. The van der Waals surface area contributed by atoms with Crippen molar-refractivity contribution in [3.8, 4) is 0 Å². The maximum atomic E-state index is 11.6. The average Bonchev–Trinajstić information content (AvgIpc) is 2.52. The van der Waals surface area contributed by atoms with Gasteiger partial charge in [0.25, 0.3) is 5.91 Å². The Bertz CT molecular complexity index is 447. The highest BCUT2D eigenvalue weighted by Crippen LogP contribution is 2.12. The fourth-order valence-electron chi connectivity index (χ4n) is 2.00. The number of benzene rings is 1. The fraction of sp³-hybridized carbons (Fsp3) is 0.438. The average molecular weight is 275 g/mol. The normalized spacial score (nSPS) is 19.1. The molecule has 1 N–H and O–H groups in total. The van der Waals surface area contributed by atoms with Gasteiger partial charge in [-0.3, -0.25) is 4.79 Å². The molecule has 1 saturated heterocycles. The predicted octanol–water partition coefficient (Wildman–Crippen LogP) is 2.84. The SMILES string of the molecule is CCc1ccc(/C=C/C(=O)NOC2CCCCO2)cc1. The van der Waals surface area contributed by atoms with Crippen LogP contribution in [-0.4, -0.2) is 18.8 Å². The van der Waals surface area contributed by atoms with Crippen LogP contribution in [0.3, 0.4) is 0 Å². The molecule has 1 unspecified atom stereocenters. The second-order valence-electron chi connectivity index (χ2n) is 4.81. The number of ether oxygens (including phenoxy) is 1. The molecule has 0 aromatic heterocycles. The van der Waals surface area contributed by atoms with Crippen LogP contribution in [0, 0.1) is 0 Å².